The Balaban J connectivity index is 1.68. The van der Waals surface area contributed by atoms with Crippen molar-refractivity contribution in [1.82, 2.24) is 19.1 Å². The molecule has 1 unspecified atom stereocenters. The number of hydrogen-bond donors (Lipinski definition) is 1. The Kier molecular flexibility index (Phi) is 6.20. The van der Waals surface area contributed by atoms with Crippen LogP contribution in [0.4, 0.5) is 10.2 Å². The van der Waals surface area contributed by atoms with Gasteiger partial charge in [0, 0.05) is 32.6 Å². The van der Waals surface area contributed by atoms with E-state index in [0.717, 1.165) is 16.8 Å². The molecule has 0 saturated carbocycles. The van der Waals surface area contributed by atoms with Gasteiger partial charge < -0.3 is 10.0 Å². The third-order valence-corrected chi connectivity index (χ3v) is 6.84. The number of amidine groups is 1. The zero-order chi connectivity index (χ0) is 26.4. The summed E-state index contributed by atoms with van der Waals surface area (Å²) in [5.74, 6) is 0.777. The van der Waals surface area contributed by atoms with Crippen molar-refractivity contribution in [3.05, 3.63) is 64.3 Å². The fraction of sp³-hybridized carbons (Fsp3) is 0.296. The molecular formula is C27H28FN7O2. The smallest absolute Gasteiger partial charge is 0.333 e. The number of anilines is 1. The average Bonchev–Trinajstić information content (AvgIpc) is 3.12. The van der Waals surface area contributed by atoms with Gasteiger partial charge >= 0.3 is 5.69 Å². The lowest BCUT2D eigenvalue weighted by Gasteiger charge is -2.37. The molecule has 0 aliphatic carbocycles. The normalized spacial score (nSPS) is 15.9. The van der Waals surface area contributed by atoms with Crippen LogP contribution in [0.15, 0.2) is 57.4 Å². The van der Waals surface area contributed by atoms with Crippen LogP contribution < -0.4 is 10.6 Å². The summed E-state index contributed by atoms with van der Waals surface area (Å²) >= 11 is 0. The van der Waals surface area contributed by atoms with Crippen molar-refractivity contribution in [3.8, 4) is 5.69 Å². The Bertz CT molecular complexity index is 1660. The minimum atomic E-state index is -1.48. The fourth-order valence-electron chi connectivity index (χ4n) is 4.73. The third-order valence-electron chi connectivity index (χ3n) is 6.84. The molecule has 5 rings (SSSR count). The zero-order valence-electron chi connectivity index (χ0n) is 21.2. The summed E-state index contributed by atoms with van der Waals surface area (Å²) in [7, 11) is 3.19. The summed E-state index contributed by atoms with van der Waals surface area (Å²) in [5, 5.41) is 10.4. The highest BCUT2D eigenvalue weighted by molar-refractivity contribution is 6.04. The van der Waals surface area contributed by atoms with Crippen molar-refractivity contribution in [3.63, 3.8) is 0 Å². The molecule has 190 valence electrons. The second-order valence-corrected chi connectivity index (χ2v) is 9.23. The van der Waals surface area contributed by atoms with Crippen LogP contribution in [0, 0.1) is 6.92 Å². The first-order chi connectivity index (χ1) is 17.7. The molecule has 1 saturated heterocycles. The van der Waals surface area contributed by atoms with E-state index in [1.807, 2.05) is 49.1 Å². The first kappa shape index (κ1) is 24.5. The van der Waals surface area contributed by atoms with Crippen LogP contribution in [0.3, 0.4) is 0 Å². The minimum absolute atomic E-state index is 0.0141. The van der Waals surface area contributed by atoms with Crippen molar-refractivity contribution in [2.45, 2.75) is 26.1 Å². The highest BCUT2D eigenvalue weighted by Crippen LogP contribution is 2.30. The summed E-state index contributed by atoms with van der Waals surface area (Å²) in [6, 6.07) is 9.40. The number of hydrogen-bond acceptors (Lipinski definition) is 6. The Morgan fingerprint density at radius 2 is 2.05 bits per heavy atom. The number of aliphatic hydroxyl groups is 1. The number of halogens is 1. The number of aromatic nitrogens is 4. The topological polar surface area (TPSA) is 101 Å². The van der Waals surface area contributed by atoms with E-state index in [9.17, 15) is 14.3 Å². The quantitative estimate of drug-likeness (QED) is 0.334. The van der Waals surface area contributed by atoms with Crippen molar-refractivity contribution in [1.29, 1.82) is 0 Å². The van der Waals surface area contributed by atoms with Gasteiger partial charge in [-0.25, -0.2) is 19.2 Å². The summed E-state index contributed by atoms with van der Waals surface area (Å²) in [5.41, 5.74) is 4.69. The van der Waals surface area contributed by atoms with E-state index in [4.69, 9.17) is 4.98 Å². The maximum atomic E-state index is 14.7. The van der Waals surface area contributed by atoms with Crippen molar-refractivity contribution >= 4 is 45.9 Å². The van der Waals surface area contributed by atoms with Crippen LogP contribution >= 0.6 is 0 Å². The van der Waals surface area contributed by atoms with Crippen molar-refractivity contribution in [2.24, 2.45) is 17.0 Å². The second-order valence-electron chi connectivity index (χ2n) is 9.23. The molecule has 0 spiro atoms. The predicted molar refractivity (Wildman–Crippen MR) is 146 cm³/mol. The number of aliphatic imine (C=N–C) groups is 2. The van der Waals surface area contributed by atoms with Gasteiger partial charge in [0.05, 0.1) is 40.2 Å². The molecule has 0 amide bonds. The van der Waals surface area contributed by atoms with Gasteiger partial charge in [-0.15, -0.1) is 0 Å². The lowest BCUT2D eigenvalue weighted by molar-refractivity contribution is 0.141. The molecule has 0 radical (unpaired) electrons. The molecule has 4 heterocycles. The Morgan fingerprint density at radius 3 is 2.70 bits per heavy atom. The van der Waals surface area contributed by atoms with Crippen LogP contribution in [0.5, 0.6) is 0 Å². The fourth-order valence-corrected chi connectivity index (χ4v) is 4.73. The Hall–Kier alpha value is -4.18. The van der Waals surface area contributed by atoms with Crippen LogP contribution in [-0.4, -0.2) is 69.2 Å². The number of β-amino-alcohol motifs (C(OH)–C–C–N with tert-alkyl or cyclic N) is 1. The van der Waals surface area contributed by atoms with Gasteiger partial charge in [0.15, 0.2) is 12.0 Å². The number of nitrogens with zero attached hydrogens (tertiary/aromatic N) is 7. The van der Waals surface area contributed by atoms with E-state index in [1.165, 1.54) is 13.1 Å². The van der Waals surface area contributed by atoms with Crippen molar-refractivity contribution in [2.75, 3.05) is 25.0 Å². The number of rotatable bonds is 5. The van der Waals surface area contributed by atoms with E-state index in [0.29, 0.717) is 46.6 Å². The molecule has 1 fully saturated rings. The van der Waals surface area contributed by atoms with Gasteiger partial charge in [-0.1, -0.05) is 6.07 Å². The molecule has 0 bridgehead atoms. The average molecular weight is 502 g/mol. The number of pyridine rings is 2. The molecule has 1 N–H and O–H groups in total. The number of aliphatic hydroxyl groups excluding tert-OH is 1. The van der Waals surface area contributed by atoms with E-state index in [2.05, 4.69) is 21.7 Å². The SMILES string of the molecule is C=NC(=NC)C(F)/C=C(\C)c1ccc2ncc3c(c2c1)n(-c1ccc(N2CC(O)C2)nc1C)c(=O)n3C. The van der Waals surface area contributed by atoms with Crippen LogP contribution in [0.25, 0.3) is 33.2 Å². The van der Waals surface area contributed by atoms with Gasteiger partial charge in [-0.05, 0) is 62.0 Å². The number of alkyl halides is 1. The molecule has 10 heteroatoms. The summed E-state index contributed by atoms with van der Waals surface area (Å²) in [6.07, 6.45) is 1.31. The lowest BCUT2D eigenvalue weighted by Crippen LogP contribution is -2.51. The highest BCUT2D eigenvalue weighted by Gasteiger charge is 2.26. The van der Waals surface area contributed by atoms with Gasteiger partial charge in [0.2, 0.25) is 0 Å². The van der Waals surface area contributed by atoms with Gasteiger partial charge in [0.1, 0.15) is 5.82 Å². The first-order valence-electron chi connectivity index (χ1n) is 11.9. The van der Waals surface area contributed by atoms with E-state index in [1.54, 1.807) is 22.4 Å². The summed E-state index contributed by atoms with van der Waals surface area (Å²) in [4.78, 5) is 32.2. The molecular weight excluding hydrogens is 473 g/mol. The predicted octanol–water partition coefficient (Wildman–Crippen LogP) is 3.23. The largest absolute Gasteiger partial charge is 0.389 e. The van der Waals surface area contributed by atoms with Gasteiger partial charge in [0.25, 0.3) is 0 Å². The number of fused-ring (bicyclic) bond motifs is 3. The first-order valence-corrected chi connectivity index (χ1v) is 11.9. The molecule has 37 heavy (non-hydrogen) atoms. The van der Waals surface area contributed by atoms with Crippen LogP contribution in [-0.2, 0) is 7.05 Å². The molecule has 1 aliphatic heterocycles. The number of benzene rings is 1. The molecule has 1 aliphatic rings. The number of imidazole rings is 1. The second kappa shape index (κ2) is 9.36. The van der Waals surface area contributed by atoms with Gasteiger partial charge in [-0.3, -0.25) is 19.1 Å². The van der Waals surface area contributed by atoms with Crippen LogP contribution in [0.1, 0.15) is 18.2 Å². The van der Waals surface area contributed by atoms with E-state index >= 15 is 0 Å². The van der Waals surface area contributed by atoms with Crippen molar-refractivity contribution < 1.29 is 9.50 Å². The standard InChI is InChI=1S/C27H28FN7O2/c1-15(10-20(28)26(29-3)30-4)17-6-7-21-19(11-17)25-23(12-31-21)33(5)27(37)35(25)22-8-9-24(32-16(22)2)34-13-18(36)14-34/h6-12,18,20,36H,3,13-14H2,1-2,4-5H3/b15-10+,30-26?. The van der Waals surface area contributed by atoms with E-state index < -0.39 is 6.17 Å². The zero-order valence-corrected chi connectivity index (χ0v) is 21.2. The monoisotopic (exact) mass is 501 g/mol. The Morgan fingerprint density at radius 1 is 1.30 bits per heavy atom. The minimum Gasteiger partial charge on any atom is -0.389 e. The van der Waals surface area contributed by atoms with Gasteiger partial charge in [-0.2, -0.15) is 0 Å². The highest BCUT2D eigenvalue weighted by atomic mass is 19.1. The summed E-state index contributed by atoms with van der Waals surface area (Å²) in [6.45, 7) is 8.14. The summed E-state index contributed by atoms with van der Waals surface area (Å²) < 4.78 is 17.9. The Labute approximate surface area is 212 Å². The van der Waals surface area contributed by atoms with E-state index in [-0.39, 0.29) is 17.6 Å². The molecule has 1 atom stereocenters. The lowest BCUT2D eigenvalue weighted by atomic mass is 10.0. The molecule has 4 aromatic rings. The number of aryl methyl sites for hydroxylation is 2. The maximum absolute atomic E-state index is 14.7. The molecule has 1 aromatic carbocycles. The van der Waals surface area contributed by atoms with Crippen LogP contribution in [0.2, 0.25) is 0 Å². The molecule has 3 aromatic heterocycles. The number of allylic oxidation sites excluding steroid dienone is 1. The molecule has 9 nitrogen and oxygen atoms in total. The maximum Gasteiger partial charge on any atom is 0.333 e. The third kappa shape index (κ3) is 4.13.